The van der Waals surface area contributed by atoms with Gasteiger partial charge in [-0.25, -0.2) is 0 Å². The van der Waals surface area contributed by atoms with Crippen molar-refractivity contribution < 1.29 is 4.74 Å². The van der Waals surface area contributed by atoms with Crippen LogP contribution in [0, 0.1) is 0 Å². The lowest BCUT2D eigenvalue weighted by atomic mass is 10.0. The summed E-state index contributed by atoms with van der Waals surface area (Å²) in [6, 6.07) is 6.37. The smallest absolute Gasteiger partial charge is 0.122 e. The van der Waals surface area contributed by atoms with Crippen LogP contribution in [0.15, 0.2) is 18.2 Å². The highest BCUT2D eigenvalue weighted by molar-refractivity contribution is 6.30. The summed E-state index contributed by atoms with van der Waals surface area (Å²) in [6.07, 6.45) is 3.26. The zero-order chi connectivity index (χ0) is 12.7. The number of benzene rings is 1. The largest absolute Gasteiger partial charge is 0.496 e. The summed E-state index contributed by atoms with van der Waals surface area (Å²) >= 11 is 6.01. The second-order valence-electron chi connectivity index (χ2n) is 4.16. The normalized spacial score (nSPS) is 12.5. The van der Waals surface area contributed by atoms with Gasteiger partial charge in [-0.05, 0) is 49.6 Å². The molecule has 1 rings (SSSR count). The van der Waals surface area contributed by atoms with Crippen LogP contribution in [0.3, 0.4) is 0 Å². The van der Waals surface area contributed by atoms with E-state index in [-0.39, 0.29) is 0 Å². The lowest BCUT2D eigenvalue weighted by molar-refractivity contribution is 0.406. The van der Waals surface area contributed by atoms with Gasteiger partial charge < -0.3 is 10.1 Å². The Hall–Kier alpha value is -0.730. The second-order valence-corrected chi connectivity index (χ2v) is 4.59. The molecule has 3 heteroatoms. The molecule has 0 saturated heterocycles. The molecule has 1 atom stereocenters. The Bertz CT molecular complexity index is 341. The molecule has 0 aliphatic heterocycles. The van der Waals surface area contributed by atoms with E-state index in [2.05, 4.69) is 19.2 Å². The summed E-state index contributed by atoms with van der Waals surface area (Å²) in [5.74, 6) is 0.931. The topological polar surface area (TPSA) is 21.3 Å². The predicted octanol–water partition coefficient (Wildman–Crippen LogP) is 3.67. The summed E-state index contributed by atoms with van der Waals surface area (Å²) in [4.78, 5) is 0. The number of hydrogen-bond acceptors (Lipinski definition) is 2. The van der Waals surface area contributed by atoms with E-state index in [1.165, 1.54) is 5.56 Å². The fourth-order valence-electron chi connectivity index (χ4n) is 2.01. The zero-order valence-corrected chi connectivity index (χ0v) is 11.7. The van der Waals surface area contributed by atoms with Gasteiger partial charge in [0.25, 0.3) is 0 Å². The first-order valence-electron chi connectivity index (χ1n) is 6.27. The van der Waals surface area contributed by atoms with Crippen molar-refractivity contribution in [2.75, 3.05) is 13.7 Å². The van der Waals surface area contributed by atoms with Crippen molar-refractivity contribution in [1.82, 2.24) is 5.32 Å². The quantitative estimate of drug-likeness (QED) is 0.803. The second kappa shape index (κ2) is 7.57. The van der Waals surface area contributed by atoms with Crippen LogP contribution in [-0.2, 0) is 6.42 Å². The number of methoxy groups -OCH3 is 1. The third-order valence-electron chi connectivity index (χ3n) is 2.99. The first kappa shape index (κ1) is 14.3. The third kappa shape index (κ3) is 4.57. The molecule has 0 spiro atoms. The fourth-order valence-corrected chi connectivity index (χ4v) is 2.21. The molecule has 0 amide bonds. The SMILES string of the molecule is CCNC(CC)CCc1cc(Cl)ccc1OC. The van der Waals surface area contributed by atoms with Gasteiger partial charge in [0.2, 0.25) is 0 Å². The van der Waals surface area contributed by atoms with E-state index in [0.29, 0.717) is 6.04 Å². The minimum Gasteiger partial charge on any atom is -0.496 e. The molecule has 0 aliphatic carbocycles. The van der Waals surface area contributed by atoms with Crippen LogP contribution in [-0.4, -0.2) is 19.7 Å². The Labute approximate surface area is 109 Å². The molecular weight excluding hydrogens is 234 g/mol. The Morgan fingerprint density at radius 3 is 2.71 bits per heavy atom. The van der Waals surface area contributed by atoms with Gasteiger partial charge in [-0.1, -0.05) is 25.4 Å². The van der Waals surface area contributed by atoms with Crippen LogP contribution in [0.5, 0.6) is 5.75 Å². The molecule has 17 heavy (non-hydrogen) atoms. The van der Waals surface area contributed by atoms with Gasteiger partial charge in [0.15, 0.2) is 0 Å². The molecule has 0 aliphatic rings. The highest BCUT2D eigenvalue weighted by Gasteiger charge is 2.08. The average molecular weight is 256 g/mol. The van der Waals surface area contributed by atoms with Gasteiger partial charge in [0.1, 0.15) is 5.75 Å². The van der Waals surface area contributed by atoms with Gasteiger partial charge >= 0.3 is 0 Å². The van der Waals surface area contributed by atoms with E-state index in [0.717, 1.165) is 36.6 Å². The molecule has 2 nitrogen and oxygen atoms in total. The van der Waals surface area contributed by atoms with Crippen LogP contribution in [0.25, 0.3) is 0 Å². The van der Waals surface area contributed by atoms with Gasteiger partial charge in [0.05, 0.1) is 7.11 Å². The maximum Gasteiger partial charge on any atom is 0.122 e. The molecule has 1 aromatic rings. The van der Waals surface area contributed by atoms with E-state index in [9.17, 15) is 0 Å². The monoisotopic (exact) mass is 255 g/mol. The predicted molar refractivity (Wildman–Crippen MR) is 74.1 cm³/mol. The maximum absolute atomic E-state index is 6.01. The van der Waals surface area contributed by atoms with Crippen LogP contribution in [0.2, 0.25) is 5.02 Å². The Morgan fingerprint density at radius 1 is 1.35 bits per heavy atom. The van der Waals surface area contributed by atoms with E-state index in [4.69, 9.17) is 16.3 Å². The molecule has 0 fully saturated rings. The average Bonchev–Trinajstić information content (AvgIpc) is 2.34. The number of hydrogen-bond donors (Lipinski definition) is 1. The third-order valence-corrected chi connectivity index (χ3v) is 3.23. The van der Waals surface area contributed by atoms with Crippen molar-refractivity contribution in [3.8, 4) is 5.75 Å². The summed E-state index contributed by atoms with van der Waals surface area (Å²) in [5.41, 5.74) is 1.19. The number of nitrogens with one attached hydrogen (secondary N) is 1. The maximum atomic E-state index is 6.01. The van der Waals surface area contributed by atoms with Crippen molar-refractivity contribution >= 4 is 11.6 Å². The molecule has 0 bridgehead atoms. The van der Waals surface area contributed by atoms with E-state index < -0.39 is 0 Å². The van der Waals surface area contributed by atoms with Gasteiger partial charge in [0, 0.05) is 11.1 Å². The van der Waals surface area contributed by atoms with Crippen LogP contribution in [0.4, 0.5) is 0 Å². The molecule has 96 valence electrons. The molecule has 0 saturated carbocycles. The van der Waals surface area contributed by atoms with Crippen molar-refractivity contribution in [1.29, 1.82) is 0 Å². The summed E-state index contributed by atoms with van der Waals surface area (Å²) in [6.45, 7) is 5.37. The number of ether oxygens (including phenoxy) is 1. The molecule has 1 aromatic carbocycles. The van der Waals surface area contributed by atoms with E-state index in [1.807, 2.05) is 18.2 Å². The number of aryl methyl sites for hydroxylation is 1. The van der Waals surface area contributed by atoms with Crippen LogP contribution >= 0.6 is 11.6 Å². The minimum atomic E-state index is 0.573. The van der Waals surface area contributed by atoms with Gasteiger partial charge in [-0.3, -0.25) is 0 Å². The molecule has 1 N–H and O–H groups in total. The van der Waals surface area contributed by atoms with Crippen molar-refractivity contribution in [2.45, 2.75) is 39.2 Å². The Morgan fingerprint density at radius 2 is 2.12 bits per heavy atom. The molecule has 0 radical (unpaired) electrons. The zero-order valence-electron chi connectivity index (χ0n) is 10.9. The number of halogens is 1. The Kier molecular flexibility index (Phi) is 6.38. The lowest BCUT2D eigenvalue weighted by Crippen LogP contribution is -2.28. The first-order valence-corrected chi connectivity index (χ1v) is 6.64. The Balaban J connectivity index is 2.63. The highest BCUT2D eigenvalue weighted by atomic mass is 35.5. The van der Waals surface area contributed by atoms with E-state index in [1.54, 1.807) is 7.11 Å². The minimum absolute atomic E-state index is 0.573. The van der Waals surface area contributed by atoms with Crippen molar-refractivity contribution in [3.05, 3.63) is 28.8 Å². The van der Waals surface area contributed by atoms with Crippen LogP contribution < -0.4 is 10.1 Å². The standard InChI is InChI=1S/C14H22ClNO/c1-4-13(16-5-2)8-6-11-10-12(15)7-9-14(11)17-3/h7,9-10,13,16H,4-6,8H2,1-3H3. The van der Waals surface area contributed by atoms with Crippen LogP contribution in [0.1, 0.15) is 32.3 Å². The molecule has 1 unspecified atom stereocenters. The summed E-state index contributed by atoms with van der Waals surface area (Å²) in [7, 11) is 1.70. The highest BCUT2D eigenvalue weighted by Crippen LogP contribution is 2.24. The molecular formula is C14H22ClNO. The van der Waals surface area contributed by atoms with E-state index >= 15 is 0 Å². The number of rotatable bonds is 7. The fraction of sp³-hybridized carbons (Fsp3) is 0.571. The van der Waals surface area contributed by atoms with Gasteiger partial charge in [-0.2, -0.15) is 0 Å². The van der Waals surface area contributed by atoms with Crippen molar-refractivity contribution in [2.24, 2.45) is 0 Å². The summed E-state index contributed by atoms with van der Waals surface area (Å²) < 4.78 is 5.35. The lowest BCUT2D eigenvalue weighted by Gasteiger charge is -2.16. The van der Waals surface area contributed by atoms with Gasteiger partial charge in [-0.15, -0.1) is 0 Å². The molecule has 0 aromatic heterocycles. The molecule has 0 heterocycles. The first-order chi connectivity index (χ1) is 8.21. The van der Waals surface area contributed by atoms with Crippen molar-refractivity contribution in [3.63, 3.8) is 0 Å². The summed E-state index contributed by atoms with van der Waals surface area (Å²) in [5, 5.41) is 4.26.